The van der Waals surface area contributed by atoms with E-state index >= 15 is 0 Å². The zero-order chi connectivity index (χ0) is 14.4. The van der Waals surface area contributed by atoms with Crippen molar-refractivity contribution in [3.8, 4) is 0 Å². The van der Waals surface area contributed by atoms with Crippen molar-refractivity contribution in [3.63, 3.8) is 0 Å². The van der Waals surface area contributed by atoms with Crippen molar-refractivity contribution in [2.24, 2.45) is 5.73 Å². The van der Waals surface area contributed by atoms with Crippen molar-refractivity contribution >= 4 is 11.9 Å². The zero-order valence-electron chi connectivity index (χ0n) is 10.0. The maximum atomic E-state index is 13.4. The highest BCUT2D eigenvalue weighted by Crippen LogP contribution is 2.09. The quantitative estimate of drug-likeness (QED) is 0.543. The molecular weight excluding hydrogens is 255 g/mol. The van der Waals surface area contributed by atoms with E-state index in [0.717, 1.165) is 0 Å². The van der Waals surface area contributed by atoms with Crippen LogP contribution in [0.5, 0.6) is 0 Å². The van der Waals surface area contributed by atoms with Gasteiger partial charge < -0.3 is 21.3 Å². The minimum Gasteiger partial charge on any atom is -0.480 e. The Morgan fingerprint density at radius 1 is 1.37 bits per heavy atom. The normalized spacial score (nSPS) is 13.6. The Hall–Kier alpha value is -1.99. The maximum Gasteiger partial charge on any atom is 0.326 e. The molecule has 1 rings (SSSR count). The second-order valence-electron chi connectivity index (χ2n) is 3.98. The second-order valence-corrected chi connectivity index (χ2v) is 3.98. The average molecular weight is 270 g/mol. The van der Waals surface area contributed by atoms with Crippen LogP contribution in [-0.2, 0) is 16.0 Å². The third-order valence-electron chi connectivity index (χ3n) is 2.53. The number of nitrogens with two attached hydrogens (primary N) is 1. The number of halogens is 1. The van der Waals surface area contributed by atoms with Gasteiger partial charge in [-0.3, -0.25) is 4.79 Å². The molecule has 1 aromatic carbocycles. The molecule has 104 valence electrons. The summed E-state index contributed by atoms with van der Waals surface area (Å²) < 4.78 is 13.4. The number of carbonyl (C=O) groups excluding carboxylic acids is 1. The number of nitrogens with one attached hydrogen (secondary N) is 1. The number of aliphatic hydroxyl groups is 1. The molecule has 1 unspecified atom stereocenters. The molecule has 0 bridgehead atoms. The first kappa shape index (κ1) is 15.1. The molecule has 1 amide bonds. The number of carbonyl (C=O) groups is 2. The van der Waals surface area contributed by atoms with E-state index in [1.807, 2.05) is 0 Å². The van der Waals surface area contributed by atoms with E-state index in [1.165, 1.54) is 18.2 Å². The molecule has 0 fully saturated rings. The first-order valence-corrected chi connectivity index (χ1v) is 5.58. The second kappa shape index (κ2) is 6.81. The fourth-order valence-corrected chi connectivity index (χ4v) is 1.45. The first-order valence-electron chi connectivity index (χ1n) is 5.58. The van der Waals surface area contributed by atoms with Gasteiger partial charge in [0.25, 0.3) is 0 Å². The number of amides is 1. The lowest BCUT2D eigenvalue weighted by Gasteiger charge is -2.17. The summed E-state index contributed by atoms with van der Waals surface area (Å²) in [6.45, 7) is -0.599. The van der Waals surface area contributed by atoms with Gasteiger partial charge in [0.05, 0.1) is 6.61 Å². The first-order chi connectivity index (χ1) is 8.95. The number of hydrogen-bond donors (Lipinski definition) is 4. The Morgan fingerprint density at radius 2 is 2.00 bits per heavy atom. The lowest BCUT2D eigenvalue weighted by atomic mass is 10.1. The lowest BCUT2D eigenvalue weighted by molar-refractivity contribution is -0.142. The molecule has 0 aromatic heterocycles. The largest absolute Gasteiger partial charge is 0.480 e. The van der Waals surface area contributed by atoms with Crippen molar-refractivity contribution < 1.29 is 24.2 Å². The number of aliphatic carboxylic acids is 1. The van der Waals surface area contributed by atoms with E-state index in [1.54, 1.807) is 6.07 Å². The molecule has 1 aromatic rings. The number of carboxylic acid groups (broad SMARTS) is 1. The van der Waals surface area contributed by atoms with Crippen molar-refractivity contribution in [3.05, 3.63) is 35.6 Å². The van der Waals surface area contributed by atoms with Gasteiger partial charge in [0, 0.05) is 6.42 Å². The van der Waals surface area contributed by atoms with Crippen molar-refractivity contribution in [1.82, 2.24) is 5.32 Å². The standard InChI is InChI=1S/C12H15FN2O4/c13-8-4-2-1-3-7(8)5-10(12(18)19)15-11(17)9(14)6-16/h1-4,9-10,16H,5-6,14H2,(H,15,17)(H,18,19)/t9-,10?/m0/s1. The van der Waals surface area contributed by atoms with Gasteiger partial charge in [-0.1, -0.05) is 18.2 Å². The summed E-state index contributed by atoms with van der Waals surface area (Å²) >= 11 is 0. The van der Waals surface area contributed by atoms with Crippen LogP contribution in [-0.4, -0.2) is 40.8 Å². The van der Waals surface area contributed by atoms with E-state index in [9.17, 15) is 14.0 Å². The van der Waals surface area contributed by atoms with Crippen LogP contribution in [0.4, 0.5) is 4.39 Å². The Balaban J connectivity index is 2.77. The predicted octanol–water partition coefficient (Wildman–Crippen LogP) is -0.743. The molecule has 5 N–H and O–H groups in total. The van der Waals surface area contributed by atoms with Gasteiger partial charge in [-0.05, 0) is 11.6 Å². The number of aliphatic hydroxyl groups excluding tert-OH is 1. The molecule has 0 aliphatic carbocycles. The minimum atomic E-state index is -1.30. The van der Waals surface area contributed by atoms with Crippen molar-refractivity contribution in [1.29, 1.82) is 0 Å². The van der Waals surface area contributed by atoms with Crippen LogP contribution in [0.25, 0.3) is 0 Å². The monoisotopic (exact) mass is 270 g/mol. The Morgan fingerprint density at radius 3 is 2.53 bits per heavy atom. The molecule has 0 radical (unpaired) electrons. The molecule has 0 spiro atoms. The number of carboxylic acids is 1. The smallest absolute Gasteiger partial charge is 0.326 e. The summed E-state index contributed by atoms with van der Waals surface area (Å²) in [5.41, 5.74) is 5.43. The molecule has 19 heavy (non-hydrogen) atoms. The van der Waals surface area contributed by atoms with E-state index in [2.05, 4.69) is 5.32 Å². The van der Waals surface area contributed by atoms with Gasteiger partial charge in [0.1, 0.15) is 17.9 Å². The van der Waals surface area contributed by atoms with Gasteiger partial charge in [-0.25, -0.2) is 9.18 Å². The van der Waals surface area contributed by atoms with E-state index < -0.39 is 36.4 Å². The van der Waals surface area contributed by atoms with Crippen LogP contribution in [0.3, 0.4) is 0 Å². The number of rotatable bonds is 6. The lowest BCUT2D eigenvalue weighted by Crippen LogP contribution is -2.50. The van der Waals surface area contributed by atoms with Crippen LogP contribution in [0.2, 0.25) is 0 Å². The Labute approximate surface area is 109 Å². The summed E-state index contributed by atoms with van der Waals surface area (Å²) in [5, 5.41) is 19.8. The van der Waals surface area contributed by atoms with Crippen LogP contribution in [0.1, 0.15) is 5.56 Å². The van der Waals surface area contributed by atoms with E-state index in [4.69, 9.17) is 15.9 Å². The Kier molecular flexibility index (Phi) is 5.40. The minimum absolute atomic E-state index is 0.174. The van der Waals surface area contributed by atoms with Crippen LogP contribution >= 0.6 is 0 Å². The fourth-order valence-electron chi connectivity index (χ4n) is 1.45. The van der Waals surface area contributed by atoms with E-state index in [0.29, 0.717) is 0 Å². The molecule has 0 saturated heterocycles. The molecule has 0 aliphatic rings. The molecular formula is C12H15FN2O4. The molecule has 0 aliphatic heterocycles. The molecule has 0 saturated carbocycles. The van der Waals surface area contributed by atoms with E-state index in [-0.39, 0.29) is 12.0 Å². The van der Waals surface area contributed by atoms with Gasteiger partial charge >= 0.3 is 5.97 Å². The summed E-state index contributed by atoms with van der Waals surface area (Å²) in [6.07, 6.45) is -0.202. The highest BCUT2D eigenvalue weighted by atomic mass is 19.1. The molecule has 6 nitrogen and oxygen atoms in total. The average Bonchev–Trinajstić information content (AvgIpc) is 2.39. The van der Waals surface area contributed by atoms with Gasteiger partial charge in [-0.15, -0.1) is 0 Å². The zero-order valence-corrected chi connectivity index (χ0v) is 10.0. The van der Waals surface area contributed by atoms with Gasteiger partial charge in [0.2, 0.25) is 5.91 Å². The molecule has 2 atom stereocenters. The summed E-state index contributed by atoms with van der Waals surface area (Å²) in [5.74, 6) is -2.65. The molecule has 0 heterocycles. The SMILES string of the molecule is N[C@@H](CO)C(=O)NC(Cc1ccccc1F)C(=O)O. The van der Waals surface area contributed by atoms with Crippen molar-refractivity contribution in [2.45, 2.75) is 18.5 Å². The number of benzene rings is 1. The highest BCUT2D eigenvalue weighted by Gasteiger charge is 2.24. The van der Waals surface area contributed by atoms with Crippen molar-refractivity contribution in [2.75, 3.05) is 6.61 Å². The van der Waals surface area contributed by atoms with Crippen LogP contribution < -0.4 is 11.1 Å². The third-order valence-corrected chi connectivity index (χ3v) is 2.53. The summed E-state index contributed by atoms with van der Waals surface area (Å²) in [4.78, 5) is 22.4. The predicted molar refractivity (Wildman–Crippen MR) is 64.7 cm³/mol. The summed E-state index contributed by atoms with van der Waals surface area (Å²) in [6, 6.07) is 3.18. The molecule has 7 heteroatoms. The summed E-state index contributed by atoms with van der Waals surface area (Å²) in [7, 11) is 0. The Bertz CT molecular complexity index is 467. The topological polar surface area (TPSA) is 113 Å². The maximum absolute atomic E-state index is 13.4. The van der Waals surface area contributed by atoms with Gasteiger partial charge in [-0.2, -0.15) is 0 Å². The van der Waals surface area contributed by atoms with Gasteiger partial charge in [0.15, 0.2) is 0 Å². The highest BCUT2D eigenvalue weighted by molar-refractivity contribution is 5.87. The number of hydrogen-bond acceptors (Lipinski definition) is 4. The third kappa shape index (κ3) is 4.31. The van der Waals surface area contributed by atoms with Crippen LogP contribution in [0, 0.1) is 5.82 Å². The fraction of sp³-hybridized carbons (Fsp3) is 0.333. The van der Waals surface area contributed by atoms with Crippen LogP contribution in [0.15, 0.2) is 24.3 Å².